The molecule has 25 heavy (non-hydrogen) atoms. The van der Waals surface area contributed by atoms with Crippen molar-refractivity contribution in [1.29, 1.82) is 0 Å². The zero-order chi connectivity index (χ0) is 17.1. The molecule has 0 amide bonds. The highest BCUT2D eigenvalue weighted by Gasteiger charge is 2.42. The van der Waals surface area contributed by atoms with Crippen LogP contribution in [0.2, 0.25) is 0 Å². The predicted molar refractivity (Wildman–Crippen MR) is 102 cm³/mol. The van der Waals surface area contributed by atoms with Crippen molar-refractivity contribution in [3.05, 3.63) is 15.6 Å². The Balaban J connectivity index is 1.23. The van der Waals surface area contributed by atoms with Crippen molar-refractivity contribution in [2.45, 2.75) is 51.4 Å². The van der Waals surface area contributed by atoms with Crippen molar-refractivity contribution in [1.82, 2.24) is 15.2 Å². The van der Waals surface area contributed by atoms with Gasteiger partial charge in [0.25, 0.3) is 0 Å². The summed E-state index contributed by atoms with van der Waals surface area (Å²) in [6.07, 6.45) is 9.74. The van der Waals surface area contributed by atoms with E-state index in [-0.39, 0.29) is 0 Å². The van der Waals surface area contributed by atoms with Crippen molar-refractivity contribution in [2.24, 2.45) is 10.4 Å². The van der Waals surface area contributed by atoms with Crippen LogP contribution in [0.4, 0.5) is 0 Å². The first-order valence-corrected chi connectivity index (χ1v) is 10.6. The summed E-state index contributed by atoms with van der Waals surface area (Å²) in [4.78, 5) is 13.3. The maximum absolute atomic E-state index is 5.63. The SMILES string of the molecule is CN=C(NCCCc1nc2c(s1)CCCC2)N1CCC2(CCOC2)C1. The van der Waals surface area contributed by atoms with Crippen LogP contribution in [0.3, 0.4) is 0 Å². The number of rotatable bonds is 4. The topological polar surface area (TPSA) is 49.8 Å². The average molecular weight is 363 g/mol. The summed E-state index contributed by atoms with van der Waals surface area (Å²) in [5.74, 6) is 1.06. The van der Waals surface area contributed by atoms with Crippen LogP contribution >= 0.6 is 11.3 Å². The molecule has 3 heterocycles. The minimum Gasteiger partial charge on any atom is -0.381 e. The van der Waals surface area contributed by atoms with E-state index in [9.17, 15) is 0 Å². The molecule has 5 nitrogen and oxygen atoms in total. The highest BCUT2D eigenvalue weighted by Crippen LogP contribution is 2.38. The zero-order valence-electron chi connectivity index (χ0n) is 15.4. The fourth-order valence-corrected chi connectivity index (χ4v) is 5.57. The summed E-state index contributed by atoms with van der Waals surface area (Å²) in [5, 5.41) is 4.89. The third-order valence-corrected chi connectivity index (χ3v) is 7.09. The van der Waals surface area contributed by atoms with Gasteiger partial charge >= 0.3 is 0 Å². The minimum atomic E-state index is 0.386. The second-order valence-electron chi connectivity index (χ2n) is 7.74. The van der Waals surface area contributed by atoms with E-state index in [4.69, 9.17) is 9.72 Å². The van der Waals surface area contributed by atoms with Gasteiger partial charge in [-0.1, -0.05) is 0 Å². The van der Waals surface area contributed by atoms with Gasteiger partial charge in [-0.2, -0.15) is 0 Å². The number of likely N-dealkylation sites (tertiary alicyclic amines) is 1. The average Bonchev–Trinajstić information content (AvgIpc) is 3.36. The smallest absolute Gasteiger partial charge is 0.193 e. The van der Waals surface area contributed by atoms with Crippen molar-refractivity contribution in [2.75, 3.05) is 39.9 Å². The van der Waals surface area contributed by atoms with Crippen molar-refractivity contribution < 1.29 is 4.74 Å². The molecule has 1 unspecified atom stereocenters. The highest BCUT2D eigenvalue weighted by molar-refractivity contribution is 7.11. The zero-order valence-corrected chi connectivity index (χ0v) is 16.2. The molecule has 0 aromatic carbocycles. The molecule has 1 aromatic rings. The summed E-state index contributed by atoms with van der Waals surface area (Å²) in [5.41, 5.74) is 1.77. The maximum Gasteiger partial charge on any atom is 0.193 e. The van der Waals surface area contributed by atoms with Gasteiger partial charge in [-0.25, -0.2) is 4.98 Å². The third kappa shape index (κ3) is 3.85. The van der Waals surface area contributed by atoms with Gasteiger partial charge in [-0.3, -0.25) is 4.99 Å². The molecule has 1 aromatic heterocycles. The first-order valence-electron chi connectivity index (χ1n) is 9.79. The molecule has 2 saturated heterocycles. The van der Waals surface area contributed by atoms with Crippen LogP contribution in [-0.2, 0) is 24.0 Å². The molecule has 6 heteroatoms. The second kappa shape index (κ2) is 7.62. The van der Waals surface area contributed by atoms with Crippen LogP contribution in [-0.4, -0.2) is 55.7 Å². The van der Waals surface area contributed by atoms with Gasteiger partial charge in [0, 0.05) is 50.0 Å². The summed E-state index contributed by atoms with van der Waals surface area (Å²) < 4.78 is 5.63. The molecule has 0 radical (unpaired) electrons. The number of nitrogens with zero attached hydrogens (tertiary/aromatic N) is 3. The number of hydrogen-bond donors (Lipinski definition) is 1. The lowest BCUT2D eigenvalue weighted by Crippen LogP contribution is -2.41. The predicted octanol–water partition coefficient (Wildman–Crippen LogP) is 2.64. The number of fused-ring (bicyclic) bond motifs is 1. The van der Waals surface area contributed by atoms with Crippen LogP contribution in [0.25, 0.3) is 0 Å². The van der Waals surface area contributed by atoms with Gasteiger partial charge in [0.2, 0.25) is 0 Å². The molecule has 1 aliphatic carbocycles. The van der Waals surface area contributed by atoms with Crippen molar-refractivity contribution >= 4 is 17.3 Å². The molecule has 2 fully saturated rings. The van der Waals surface area contributed by atoms with E-state index >= 15 is 0 Å². The molecule has 1 spiro atoms. The van der Waals surface area contributed by atoms with E-state index < -0.39 is 0 Å². The normalized spacial score (nSPS) is 26.4. The van der Waals surface area contributed by atoms with Gasteiger partial charge in [-0.15, -0.1) is 11.3 Å². The molecule has 0 bridgehead atoms. The molecule has 2 aliphatic heterocycles. The van der Waals surface area contributed by atoms with Gasteiger partial charge in [0.1, 0.15) is 0 Å². The Morgan fingerprint density at radius 2 is 2.28 bits per heavy atom. The van der Waals surface area contributed by atoms with E-state index in [1.165, 1.54) is 49.2 Å². The van der Waals surface area contributed by atoms with Gasteiger partial charge in [0.05, 0.1) is 17.3 Å². The van der Waals surface area contributed by atoms with Crippen LogP contribution in [0.1, 0.15) is 47.7 Å². The van der Waals surface area contributed by atoms with E-state index in [0.29, 0.717) is 5.41 Å². The lowest BCUT2D eigenvalue weighted by molar-refractivity contribution is 0.156. The standard InChI is InChI=1S/C19H30N4OS/c1-20-18(23-11-8-19(13-23)9-12-24-14-19)21-10-4-7-17-22-15-5-2-3-6-16(15)25-17/h2-14H2,1H3,(H,20,21). The maximum atomic E-state index is 5.63. The summed E-state index contributed by atoms with van der Waals surface area (Å²) in [6.45, 7) is 5.01. The van der Waals surface area contributed by atoms with Gasteiger partial charge in [-0.05, 0) is 44.9 Å². The number of hydrogen-bond acceptors (Lipinski definition) is 4. The monoisotopic (exact) mass is 362 g/mol. The first kappa shape index (κ1) is 17.3. The van der Waals surface area contributed by atoms with Gasteiger partial charge in [0.15, 0.2) is 5.96 Å². The molecule has 138 valence electrons. The summed E-state index contributed by atoms with van der Waals surface area (Å²) in [6, 6.07) is 0. The number of aliphatic imine (C=N–C) groups is 1. The molecule has 0 saturated carbocycles. The van der Waals surface area contributed by atoms with Crippen LogP contribution in [0.15, 0.2) is 4.99 Å². The Bertz CT molecular complexity index is 597. The molecular formula is C19H30N4OS. The van der Waals surface area contributed by atoms with Crippen molar-refractivity contribution in [3.8, 4) is 0 Å². The Labute approximate surface area is 154 Å². The molecule has 3 aliphatic rings. The lowest BCUT2D eigenvalue weighted by atomic mass is 9.87. The Hall–Kier alpha value is -1.14. The number of ether oxygens (including phenoxy) is 1. The molecule has 1 atom stereocenters. The van der Waals surface area contributed by atoms with E-state index in [0.717, 1.165) is 51.6 Å². The van der Waals surface area contributed by atoms with E-state index in [1.54, 1.807) is 4.88 Å². The van der Waals surface area contributed by atoms with Gasteiger partial charge < -0.3 is 15.0 Å². The fourth-order valence-electron chi connectivity index (χ4n) is 4.37. The molecule has 4 rings (SSSR count). The Morgan fingerprint density at radius 1 is 1.36 bits per heavy atom. The van der Waals surface area contributed by atoms with E-state index in [1.807, 2.05) is 18.4 Å². The number of guanidine groups is 1. The minimum absolute atomic E-state index is 0.386. The van der Waals surface area contributed by atoms with Crippen LogP contribution < -0.4 is 5.32 Å². The second-order valence-corrected chi connectivity index (χ2v) is 8.90. The van der Waals surface area contributed by atoms with Crippen molar-refractivity contribution in [3.63, 3.8) is 0 Å². The Kier molecular flexibility index (Phi) is 5.27. The highest BCUT2D eigenvalue weighted by atomic mass is 32.1. The quantitative estimate of drug-likeness (QED) is 0.508. The molecule has 1 N–H and O–H groups in total. The largest absolute Gasteiger partial charge is 0.381 e. The number of aromatic nitrogens is 1. The number of nitrogens with one attached hydrogen (secondary N) is 1. The first-order chi connectivity index (χ1) is 12.3. The lowest BCUT2D eigenvalue weighted by Gasteiger charge is -2.24. The number of aryl methyl sites for hydroxylation is 3. The fraction of sp³-hybridized carbons (Fsp3) is 0.789. The van der Waals surface area contributed by atoms with E-state index in [2.05, 4.69) is 15.2 Å². The van der Waals surface area contributed by atoms with Crippen LogP contribution in [0, 0.1) is 5.41 Å². The third-order valence-electron chi connectivity index (χ3n) is 5.88. The molecular weight excluding hydrogens is 332 g/mol. The summed E-state index contributed by atoms with van der Waals surface area (Å²) >= 11 is 1.94. The van der Waals surface area contributed by atoms with Crippen LogP contribution in [0.5, 0.6) is 0 Å². The number of thiazole rings is 1. The summed E-state index contributed by atoms with van der Waals surface area (Å²) in [7, 11) is 1.90. The Morgan fingerprint density at radius 3 is 3.08 bits per heavy atom.